The first-order valence-corrected chi connectivity index (χ1v) is 7.71. The lowest BCUT2D eigenvalue weighted by Crippen LogP contribution is -2.24. The van der Waals surface area contributed by atoms with Crippen LogP contribution in [0.1, 0.15) is 23.5 Å². The van der Waals surface area contributed by atoms with Gasteiger partial charge in [0.05, 0.1) is 25.6 Å². The smallest absolute Gasteiger partial charge is 0.117 e. The second-order valence-electron chi connectivity index (χ2n) is 5.46. The molecule has 3 rings (SSSR count). The summed E-state index contributed by atoms with van der Waals surface area (Å²) in [6.45, 7) is 2.63. The summed E-state index contributed by atoms with van der Waals surface area (Å²) in [5, 5.41) is 0. The topological polar surface area (TPSA) is 29.5 Å². The molecule has 0 aliphatic carbocycles. The fourth-order valence-electron chi connectivity index (χ4n) is 2.61. The van der Waals surface area contributed by atoms with Crippen molar-refractivity contribution in [3.05, 3.63) is 84.2 Å². The molecule has 0 aliphatic rings. The summed E-state index contributed by atoms with van der Waals surface area (Å²) in [5.41, 5.74) is 1.39. The van der Waals surface area contributed by atoms with Crippen molar-refractivity contribution in [3.8, 4) is 0 Å². The fourth-order valence-corrected chi connectivity index (χ4v) is 2.61. The molecule has 0 radical (unpaired) electrons. The maximum absolute atomic E-state index is 5.48. The minimum atomic E-state index is 0.808. The van der Waals surface area contributed by atoms with Gasteiger partial charge in [-0.15, -0.1) is 0 Å². The standard InChI is InChI=1S/C19H21NO2/c1-2-7-17(8-3-1)9-4-12-20(15-18-10-5-13-21-18)16-19-11-6-14-22-19/h1-3,5-8,10-11,13-14H,4,9,12,15-16H2. The second-order valence-corrected chi connectivity index (χ2v) is 5.46. The first-order valence-electron chi connectivity index (χ1n) is 7.71. The third kappa shape index (κ3) is 4.37. The van der Waals surface area contributed by atoms with Crippen LogP contribution < -0.4 is 0 Å². The summed E-state index contributed by atoms with van der Waals surface area (Å²) >= 11 is 0. The van der Waals surface area contributed by atoms with Gasteiger partial charge in [0.1, 0.15) is 11.5 Å². The van der Waals surface area contributed by atoms with E-state index in [1.165, 1.54) is 5.56 Å². The molecule has 0 unspecified atom stereocenters. The van der Waals surface area contributed by atoms with Gasteiger partial charge in [0.2, 0.25) is 0 Å². The average Bonchev–Trinajstić information content (AvgIpc) is 3.22. The first-order chi connectivity index (χ1) is 10.9. The molecule has 0 N–H and O–H groups in total. The summed E-state index contributed by atoms with van der Waals surface area (Å²) < 4.78 is 11.0. The van der Waals surface area contributed by atoms with Crippen molar-refractivity contribution in [1.29, 1.82) is 0 Å². The molecule has 3 aromatic rings. The zero-order valence-corrected chi connectivity index (χ0v) is 12.7. The molecule has 0 bridgehead atoms. The molecule has 0 fully saturated rings. The Morgan fingerprint density at radius 2 is 1.36 bits per heavy atom. The van der Waals surface area contributed by atoms with Crippen LogP contribution in [0, 0.1) is 0 Å². The molecule has 3 nitrogen and oxygen atoms in total. The van der Waals surface area contributed by atoms with Gasteiger partial charge >= 0.3 is 0 Å². The van der Waals surface area contributed by atoms with E-state index in [0.717, 1.165) is 44.0 Å². The maximum atomic E-state index is 5.48. The average molecular weight is 295 g/mol. The van der Waals surface area contributed by atoms with Gasteiger partial charge in [0, 0.05) is 0 Å². The zero-order chi connectivity index (χ0) is 15.0. The molecule has 0 saturated heterocycles. The maximum Gasteiger partial charge on any atom is 0.117 e. The van der Waals surface area contributed by atoms with Gasteiger partial charge in [0.15, 0.2) is 0 Å². The molecule has 0 atom stereocenters. The fraction of sp³-hybridized carbons (Fsp3) is 0.263. The van der Waals surface area contributed by atoms with E-state index in [2.05, 4.69) is 35.2 Å². The third-order valence-corrected chi connectivity index (χ3v) is 3.70. The number of benzene rings is 1. The van der Waals surface area contributed by atoms with Crippen LogP contribution in [0.4, 0.5) is 0 Å². The molecule has 114 valence electrons. The molecular weight excluding hydrogens is 274 g/mol. The summed E-state index contributed by atoms with van der Waals surface area (Å²) in [5.74, 6) is 1.98. The zero-order valence-electron chi connectivity index (χ0n) is 12.7. The number of rotatable bonds is 8. The van der Waals surface area contributed by atoms with E-state index in [9.17, 15) is 0 Å². The number of hydrogen-bond acceptors (Lipinski definition) is 3. The molecule has 0 spiro atoms. The van der Waals surface area contributed by atoms with Gasteiger partial charge < -0.3 is 8.83 Å². The Bertz CT molecular complexity index is 593. The SMILES string of the molecule is c1ccc(CCCN(Cc2ccco2)Cc2ccco2)cc1. The van der Waals surface area contributed by atoms with Crippen molar-refractivity contribution in [2.45, 2.75) is 25.9 Å². The Hall–Kier alpha value is -2.26. The van der Waals surface area contributed by atoms with E-state index >= 15 is 0 Å². The highest BCUT2D eigenvalue weighted by Crippen LogP contribution is 2.12. The highest BCUT2D eigenvalue weighted by atomic mass is 16.3. The van der Waals surface area contributed by atoms with Crippen LogP contribution in [0.3, 0.4) is 0 Å². The normalized spacial score (nSPS) is 11.1. The van der Waals surface area contributed by atoms with E-state index < -0.39 is 0 Å². The Morgan fingerprint density at radius 3 is 1.91 bits per heavy atom. The van der Waals surface area contributed by atoms with Gasteiger partial charge in [-0.25, -0.2) is 0 Å². The van der Waals surface area contributed by atoms with E-state index in [1.54, 1.807) is 12.5 Å². The summed E-state index contributed by atoms with van der Waals surface area (Å²) in [4.78, 5) is 2.36. The lowest BCUT2D eigenvalue weighted by Gasteiger charge is -2.20. The Labute approximate surface area is 131 Å². The minimum absolute atomic E-state index is 0.808. The van der Waals surface area contributed by atoms with Crippen LogP contribution in [0.15, 0.2) is 76.0 Å². The third-order valence-electron chi connectivity index (χ3n) is 3.70. The van der Waals surface area contributed by atoms with E-state index in [-0.39, 0.29) is 0 Å². The largest absolute Gasteiger partial charge is 0.468 e. The first kappa shape index (κ1) is 14.7. The van der Waals surface area contributed by atoms with Crippen molar-refractivity contribution in [1.82, 2.24) is 4.90 Å². The van der Waals surface area contributed by atoms with Gasteiger partial charge in [-0.1, -0.05) is 30.3 Å². The van der Waals surface area contributed by atoms with Crippen molar-refractivity contribution in [3.63, 3.8) is 0 Å². The van der Waals surface area contributed by atoms with Gasteiger partial charge in [0.25, 0.3) is 0 Å². The molecule has 3 heteroatoms. The monoisotopic (exact) mass is 295 g/mol. The molecule has 2 aromatic heterocycles. The van der Waals surface area contributed by atoms with E-state index in [1.807, 2.05) is 24.3 Å². The molecule has 0 saturated carbocycles. The van der Waals surface area contributed by atoms with Crippen molar-refractivity contribution in [2.75, 3.05) is 6.54 Å². The van der Waals surface area contributed by atoms with Crippen LogP contribution in [-0.4, -0.2) is 11.4 Å². The number of furan rings is 2. The van der Waals surface area contributed by atoms with Crippen LogP contribution in [0.5, 0.6) is 0 Å². The van der Waals surface area contributed by atoms with Crippen molar-refractivity contribution in [2.24, 2.45) is 0 Å². The van der Waals surface area contributed by atoms with Gasteiger partial charge in [-0.3, -0.25) is 4.90 Å². The second kappa shape index (κ2) is 7.66. The van der Waals surface area contributed by atoms with Crippen molar-refractivity contribution < 1.29 is 8.83 Å². The molecule has 0 amide bonds. The number of nitrogens with zero attached hydrogens (tertiary/aromatic N) is 1. The predicted octanol–water partition coefficient (Wildman–Crippen LogP) is 4.51. The number of hydrogen-bond donors (Lipinski definition) is 0. The summed E-state index contributed by atoms with van der Waals surface area (Å²) in [7, 11) is 0. The van der Waals surface area contributed by atoms with Crippen LogP contribution in [0.2, 0.25) is 0 Å². The van der Waals surface area contributed by atoms with Crippen LogP contribution in [-0.2, 0) is 19.5 Å². The summed E-state index contributed by atoms with van der Waals surface area (Å²) in [6.07, 6.45) is 5.66. The molecule has 2 heterocycles. The summed E-state index contributed by atoms with van der Waals surface area (Å²) in [6, 6.07) is 18.5. The van der Waals surface area contributed by atoms with Gasteiger partial charge in [-0.05, 0) is 49.2 Å². The predicted molar refractivity (Wildman–Crippen MR) is 86.3 cm³/mol. The lowest BCUT2D eigenvalue weighted by molar-refractivity contribution is 0.215. The number of aryl methyl sites for hydroxylation is 1. The Kier molecular flexibility index (Phi) is 5.11. The molecule has 22 heavy (non-hydrogen) atoms. The molecule has 0 aliphatic heterocycles. The minimum Gasteiger partial charge on any atom is -0.468 e. The van der Waals surface area contributed by atoms with E-state index in [0.29, 0.717) is 0 Å². The Morgan fingerprint density at radius 1 is 0.727 bits per heavy atom. The Balaban J connectivity index is 1.55. The lowest BCUT2D eigenvalue weighted by atomic mass is 10.1. The van der Waals surface area contributed by atoms with E-state index in [4.69, 9.17) is 8.83 Å². The quantitative estimate of drug-likeness (QED) is 0.612. The van der Waals surface area contributed by atoms with Crippen LogP contribution in [0.25, 0.3) is 0 Å². The highest BCUT2D eigenvalue weighted by Gasteiger charge is 2.10. The molecule has 1 aromatic carbocycles. The van der Waals surface area contributed by atoms with Gasteiger partial charge in [-0.2, -0.15) is 0 Å². The molecular formula is C19H21NO2. The van der Waals surface area contributed by atoms with Crippen LogP contribution >= 0.6 is 0 Å². The highest BCUT2D eigenvalue weighted by molar-refractivity contribution is 5.14. The van der Waals surface area contributed by atoms with Crippen molar-refractivity contribution >= 4 is 0 Å².